The van der Waals surface area contributed by atoms with Crippen molar-refractivity contribution in [3.8, 4) is 5.75 Å². The molecule has 2 aromatic heterocycles. The molecule has 3 aromatic rings. The van der Waals surface area contributed by atoms with Gasteiger partial charge in [0.2, 0.25) is 0 Å². The van der Waals surface area contributed by atoms with Gasteiger partial charge in [0.05, 0.1) is 6.26 Å². The standard InChI is InChI=1S/C17H19NO2S.H2S/c1-18(2)10-8-14(16-7-4-12-21-16)20-15-6-3-5-13-9-11-19-17(13)15;/h3-7,9,11-12,14H,8,10H2,1-2H3;1H2/t14-;/m0./s1. The SMILES string of the molecule is CN(C)CC[C@H](Oc1cccc2ccoc12)c1cccs1.S. The van der Waals surface area contributed by atoms with E-state index in [9.17, 15) is 0 Å². The third-order valence-electron chi connectivity index (χ3n) is 3.41. The lowest BCUT2D eigenvalue weighted by Gasteiger charge is -2.20. The fraction of sp³-hybridized carbons (Fsp3) is 0.294. The molecule has 0 radical (unpaired) electrons. The van der Waals surface area contributed by atoms with Gasteiger partial charge in [0.25, 0.3) is 0 Å². The molecule has 0 saturated heterocycles. The highest BCUT2D eigenvalue weighted by Gasteiger charge is 2.17. The van der Waals surface area contributed by atoms with Gasteiger partial charge in [-0.1, -0.05) is 18.2 Å². The molecule has 5 heteroatoms. The van der Waals surface area contributed by atoms with Crippen molar-refractivity contribution in [1.29, 1.82) is 0 Å². The van der Waals surface area contributed by atoms with E-state index in [0.29, 0.717) is 0 Å². The van der Waals surface area contributed by atoms with E-state index >= 15 is 0 Å². The molecule has 22 heavy (non-hydrogen) atoms. The molecule has 0 fully saturated rings. The van der Waals surface area contributed by atoms with Crippen LogP contribution >= 0.6 is 24.8 Å². The Hall–Kier alpha value is -1.43. The average molecular weight is 335 g/mol. The zero-order chi connectivity index (χ0) is 14.7. The van der Waals surface area contributed by atoms with Crippen LogP contribution < -0.4 is 4.74 Å². The third-order valence-corrected chi connectivity index (χ3v) is 4.38. The Bertz CT molecular complexity index is 692. The molecule has 0 aliphatic heterocycles. The number of ether oxygens (including phenoxy) is 1. The molecular weight excluding hydrogens is 314 g/mol. The van der Waals surface area contributed by atoms with Crippen molar-refractivity contribution in [2.45, 2.75) is 12.5 Å². The van der Waals surface area contributed by atoms with Gasteiger partial charge in [-0.2, -0.15) is 13.5 Å². The number of para-hydroxylation sites is 1. The van der Waals surface area contributed by atoms with Crippen LogP contribution in [-0.4, -0.2) is 25.5 Å². The summed E-state index contributed by atoms with van der Waals surface area (Å²) >= 11 is 1.74. The van der Waals surface area contributed by atoms with Crippen molar-refractivity contribution >= 4 is 35.8 Å². The molecule has 0 unspecified atom stereocenters. The van der Waals surface area contributed by atoms with Crippen molar-refractivity contribution in [1.82, 2.24) is 4.90 Å². The monoisotopic (exact) mass is 335 g/mol. The van der Waals surface area contributed by atoms with Crippen LogP contribution in [0.25, 0.3) is 11.0 Å². The highest BCUT2D eigenvalue weighted by Crippen LogP contribution is 2.33. The summed E-state index contributed by atoms with van der Waals surface area (Å²) in [4.78, 5) is 3.43. The van der Waals surface area contributed by atoms with E-state index in [-0.39, 0.29) is 19.6 Å². The maximum Gasteiger partial charge on any atom is 0.175 e. The molecule has 0 bridgehead atoms. The second kappa shape index (κ2) is 7.72. The lowest BCUT2D eigenvalue weighted by Crippen LogP contribution is -2.18. The van der Waals surface area contributed by atoms with Crippen LogP contribution in [0, 0.1) is 0 Å². The van der Waals surface area contributed by atoms with E-state index in [2.05, 4.69) is 36.5 Å². The molecule has 0 aliphatic carbocycles. The maximum atomic E-state index is 6.27. The summed E-state index contributed by atoms with van der Waals surface area (Å²) in [6.45, 7) is 0.983. The van der Waals surface area contributed by atoms with Crippen LogP contribution in [0.5, 0.6) is 5.75 Å². The van der Waals surface area contributed by atoms with E-state index in [1.54, 1.807) is 17.6 Å². The molecule has 0 spiro atoms. The summed E-state index contributed by atoms with van der Waals surface area (Å²) in [6, 6.07) is 12.2. The summed E-state index contributed by atoms with van der Waals surface area (Å²) in [5, 5.41) is 3.17. The Morgan fingerprint density at radius 3 is 2.77 bits per heavy atom. The van der Waals surface area contributed by atoms with Crippen molar-refractivity contribution < 1.29 is 9.15 Å². The van der Waals surface area contributed by atoms with Gasteiger partial charge < -0.3 is 14.1 Å². The third kappa shape index (κ3) is 3.85. The van der Waals surface area contributed by atoms with Gasteiger partial charge in [-0.3, -0.25) is 0 Å². The molecule has 0 N–H and O–H groups in total. The molecule has 0 aliphatic rings. The Balaban J connectivity index is 0.00000176. The predicted molar refractivity (Wildman–Crippen MR) is 97.5 cm³/mol. The van der Waals surface area contributed by atoms with Crippen molar-refractivity contribution in [2.24, 2.45) is 0 Å². The summed E-state index contributed by atoms with van der Waals surface area (Å²) in [6.07, 6.45) is 2.71. The summed E-state index contributed by atoms with van der Waals surface area (Å²) in [5.41, 5.74) is 0.823. The van der Waals surface area contributed by atoms with Crippen molar-refractivity contribution in [3.05, 3.63) is 52.9 Å². The van der Waals surface area contributed by atoms with Gasteiger partial charge >= 0.3 is 0 Å². The van der Waals surface area contributed by atoms with Crippen LogP contribution in [0.4, 0.5) is 0 Å². The number of rotatable bonds is 6. The fourth-order valence-electron chi connectivity index (χ4n) is 2.32. The number of furan rings is 1. The fourth-order valence-corrected chi connectivity index (χ4v) is 3.11. The Morgan fingerprint density at radius 2 is 2.05 bits per heavy atom. The lowest BCUT2D eigenvalue weighted by atomic mass is 10.2. The van der Waals surface area contributed by atoms with E-state index < -0.39 is 0 Å². The van der Waals surface area contributed by atoms with Crippen molar-refractivity contribution in [3.63, 3.8) is 0 Å². The quantitative estimate of drug-likeness (QED) is 0.654. The normalized spacial score (nSPS) is 12.3. The minimum absolute atomic E-state index is 0. The molecule has 1 atom stereocenters. The Labute approximate surface area is 141 Å². The molecule has 0 amide bonds. The predicted octanol–water partition coefficient (Wildman–Crippen LogP) is 4.68. The van der Waals surface area contributed by atoms with Crippen LogP contribution in [0.3, 0.4) is 0 Å². The van der Waals surface area contributed by atoms with Gasteiger partial charge in [0, 0.05) is 23.2 Å². The van der Waals surface area contributed by atoms with Gasteiger partial charge in [-0.05, 0) is 37.7 Å². The first-order valence-electron chi connectivity index (χ1n) is 7.05. The van der Waals surface area contributed by atoms with Gasteiger partial charge in [0.1, 0.15) is 6.10 Å². The van der Waals surface area contributed by atoms with Crippen LogP contribution in [-0.2, 0) is 0 Å². The van der Waals surface area contributed by atoms with E-state index in [1.165, 1.54) is 4.88 Å². The number of hydrogen-bond donors (Lipinski definition) is 0. The minimum atomic E-state index is 0. The smallest absolute Gasteiger partial charge is 0.175 e. The minimum Gasteiger partial charge on any atom is -0.481 e. The Kier molecular flexibility index (Phi) is 5.94. The van der Waals surface area contributed by atoms with E-state index in [0.717, 1.165) is 29.7 Å². The largest absolute Gasteiger partial charge is 0.481 e. The van der Waals surface area contributed by atoms with Crippen LogP contribution in [0.15, 0.2) is 52.5 Å². The summed E-state index contributed by atoms with van der Waals surface area (Å²) in [7, 11) is 4.16. The van der Waals surface area contributed by atoms with Crippen molar-refractivity contribution in [2.75, 3.05) is 20.6 Å². The zero-order valence-corrected chi connectivity index (χ0v) is 14.6. The number of thiophene rings is 1. The van der Waals surface area contributed by atoms with Gasteiger partial charge in [-0.15, -0.1) is 11.3 Å². The maximum absolute atomic E-state index is 6.27. The molecule has 2 heterocycles. The number of benzene rings is 1. The number of fused-ring (bicyclic) bond motifs is 1. The van der Waals surface area contributed by atoms with Gasteiger partial charge in [-0.25, -0.2) is 0 Å². The second-order valence-corrected chi connectivity index (χ2v) is 6.29. The molecule has 3 rings (SSSR count). The topological polar surface area (TPSA) is 25.6 Å². The summed E-state index contributed by atoms with van der Waals surface area (Å²) in [5.74, 6) is 0.814. The average Bonchev–Trinajstić information content (AvgIpc) is 3.13. The zero-order valence-electron chi connectivity index (χ0n) is 12.8. The first-order valence-corrected chi connectivity index (χ1v) is 7.93. The molecule has 0 saturated carbocycles. The number of nitrogens with zero attached hydrogens (tertiary/aromatic N) is 1. The van der Waals surface area contributed by atoms with E-state index in [1.807, 2.05) is 24.3 Å². The van der Waals surface area contributed by atoms with Gasteiger partial charge in [0.15, 0.2) is 11.3 Å². The first kappa shape index (κ1) is 16.9. The molecule has 3 nitrogen and oxygen atoms in total. The highest BCUT2D eigenvalue weighted by atomic mass is 32.1. The Morgan fingerprint density at radius 1 is 1.18 bits per heavy atom. The number of hydrogen-bond acceptors (Lipinski definition) is 4. The first-order chi connectivity index (χ1) is 10.2. The van der Waals surface area contributed by atoms with Crippen LogP contribution in [0.1, 0.15) is 17.4 Å². The van der Waals surface area contributed by atoms with E-state index in [4.69, 9.17) is 9.15 Å². The molecule has 1 aromatic carbocycles. The lowest BCUT2D eigenvalue weighted by molar-refractivity contribution is 0.183. The molecular formula is C17H21NO2S2. The second-order valence-electron chi connectivity index (χ2n) is 5.31. The van der Waals surface area contributed by atoms with Crippen LogP contribution in [0.2, 0.25) is 0 Å². The highest BCUT2D eigenvalue weighted by molar-refractivity contribution is 7.59. The summed E-state index contributed by atoms with van der Waals surface area (Å²) < 4.78 is 11.8. The molecule has 118 valence electrons.